The number of benzene rings is 2. The first kappa shape index (κ1) is 21.7. The standard InChI is InChI=1S/C17H14O4S4.Na/c1-10-3-5-11(6-4-10)16-15(17(22)24-23-16)12-7-8-13(21-2)14(9-12)25(18,19)20;/h3-9H,1-2H3,(H,18,19,20);/q;+1/p-1. The van der Waals surface area contributed by atoms with Crippen LogP contribution in [0.25, 0.3) is 21.6 Å². The smallest absolute Gasteiger partial charge is 0.744 e. The molecule has 0 amide bonds. The fourth-order valence-corrected chi connectivity index (χ4v) is 6.02. The zero-order valence-electron chi connectivity index (χ0n) is 14.3. The second-order valence-electron chi connectivity index (χ2n) is 5.34. The van der Waals surface area contributed by atoms with Crippen molar-refractivity contribution in [2.75, 3.05) is 7.11 Å². The molecule has 0 fully saturated rings. The molecule has 3 aromatic rings. The summed E-state index contributed by atoms with van der Waals surface area (Å²) in [7, 11) is -0.354. The Hall–Kier alpha value is -0.580. The number of rotatable bonds is 4. The molecule has 2 aromatic carbocycles. The van der Waals surface area contributed by atoms with E-state index in [-0.39, 0.29) is 40.2 Å². The Bertz CT molecular complexity index is 1080. The maximum atomic E-state index is 11.6. The van der Waals surface area contributed by atoms with Gasteiger partial charge in [0.2, 0.25) is 0 Å². The Morgan fingerprint density at radius 3 is 2.23 bits per heavy atom. The predicted octanol–water partition coefficient (Wildman–Crippen LogP) is 2.10. The maximum Gasteiger partial charge on any atom is 1.00 e. The Kier molecular flexibility index (Phi) is 7.20. The van der Waals surface area contributed by atoms with Gasteiger partial charge in [0.25, 0.3) is 0 Å². The molecule has 0 spiro atoms. The average Bonchev–Trinajstić information content (AvgIpc) is 2.96. The van der Waals surface area contributed by atoms with Crippen LogP contribution >= 0.6 is 32.9 Å². The molecule has 0 aliphatic heterocycles. The Morgan fingerprint density at radius 2 is 1.65 bits per heavy atom. The van der Waals surface area contributed by atoms with Gasteiger partial charge in [0, 0.05) is 5.56 Å². The summed E-state index contributed by atoms with van der Waals surface area (Å²) in [5.74, 6) is 0.0282. The number of hydrogen-bond acceptors (Lipinski definition) is 7. The van der Waals surface area contributed by atoms with Crippen LogP contribution < -0.4 is 34.3 Å². The maximum absolute atomic E-state index is 11.6. The summed E-state index contributed by atoms with van der Waals surface area (Å²) in [6.07, 6.45) is 0. The molecule has 130 valence electrons. The van der Waals surface area contributed by atoms with E-state index in [0.29, 0.717) is 9.39 Å². The summed E-state index contributed by atoms with van der Waals surface area (Å²) < 4.78 is 40.3. The molecule has 3 rings (SSSR count). The summed E-state index contributed by atoms with van der Waals surface area (Å²) in [5.41, 5.74) is 3.50. The van der Waals surface area contributed by atoms with E-state index in [9.17, 15) is 13.0 Å². The summed E-state index contributed by atoms with van der Waals surface area (Å²) in [4.78, 5) is 0.572. The van der Waals surface area contributed by atoms with Crippen LogP contribution in [0, 0.1) is 10.7 Å². The molecule has 1 heterocycles. The van der Waals surface area contributed by atoms with Crippen molar-refractivity contribution in [3.8, 4) is 27.3 Å². The summed E-state index contributed by atoms with van der Waals surface area (Å²) in [6.45, 7) is 2.01. The van der Waals surface area contributed by atoms with Crippen molar-refractivity contribution < 1.29 is 47.3 Å². The van der Waals surface area contributed by atoms with Crippen molar-refractivity contribution in [1.29, 1.82) is 0 Å². The van der Waals surface area contributed by atoms with E-state index in [4.69, 9.17) is 17.0 Å². The first-order chi connectivity index (χ1) is 11.8. The number of methoxy groups -OCH3 is 1. The minimum Gasteiger partial charge on any atom is -0.744 e. The van der Waals surface area contributed by atoms with Gasteiger partial charge in [-0.25, -0.2) is 8.42 Å². The predicted molar refractivity (Wildman–Crippen MR) is 103 cm³/mol. The average molecular weight is 433 g/mol. The van der Waals surface area contributed by atoms with E-state index in [1.807, 2.05) is 31.2 Å². The summed E-state index contributed by atoms with van der Waals surface area (Å²) >= 11 is 5.45. The molecular formula is C17H13NaO4S4. The molecule has 9 heteroatoms. The molecule has 0 N–H and O–H groups in total. The minimum absolute atomic E-state index is 0. The van der Waals surface area contributed by atoms with Crippen molar-refractivity contribution in [3.05, 3.63) is 51.9 Å². The van der Waals surface area contributed by atoms with Gasteiger partial charge >= 0.3 is 29.6 Å². The molecule has 0 saturated heterocycles. The van der Waals surface area contributed by atoms with Gasteiger partial charge in [-0.1, -0.05) is 68.8 Å². The SMILES string of the molecule is COc1ccc(-c2c(-c3ccc(C)cc3)ssc2=S)cc1S(=O)(=O)[O-].[Na+]. The quantitative estimate of drug-likeness (QED) is 0.273. The van der Waals surface area contributed by atoms with Crippen LogP contribution in [0.1, 0.15) is 5.56 Å². The Balaban J connectivity index is 0.00000243. The zero-order valence-corrected chi connectivity index (χ0v) is 19.6. The molecule has 26 heavy (non-hydrogen) atoms. The fraction of sp³-hybridized carbons (Fsp3) is 0.118. The molecule has 0 aliphatic rings. The van der Waals surface area contributed by atoms with Crippen molar-refractivity contribution in [3.63, 3.8) is 0 Å². The minimum atomic E-state index is -4.66. The molecule has 4 nitrogen and oxygen atoms in total. The zero-order chi connectivity index (χ0) is 18.2. The largest absolute Gasteiger partial charge is 1.00 e. The van der Waals surface area contributed by atoms with E-state index in [1.54, 1.807) is 6.07 Å². The van der Waals surface area contributed by atoms with Gasteiger partial charge < -0.3 is 9.29 Å². The van der Waals surface area contributed by atoms with Gasteiger partial charge in [-0.3, -0.25) is 0 Å². The van der Waals surface area contributed by atoms with E-state index in [0.717, 1.165) is 21.6 Å². The van der Waals surface area contributed by atoms with Crippen LogP contribution in [0.3, 0.4) is 0 Å². The van der Waals surface area contributed by atoms with Crippen LogP contribution in [0.15, 0.2) is 47.4 Å². The summed E-state index contributed by atoms with van der Waals surface area (Å²) in [5, 5.41) is 0. The second-order valence-corrected chi connectivity index (χ2v) is 9.51. The van der Waals surface area contributed by atoms with Gasteiger partial charge in [-0.15, -0.1) is 0 Å². The molecule has 1 aromatic heterocycles. The number of ether oxygens (including phenoxy) is 1. The van der Waals surface area contributed by atoms with Gasteiger partial charge in [0.1, 0.15) is 19.7 Å². The van der Waals surface area contributed by atoms with Crippen molar-refractivity contribution in [1.82, 2.24) is 0 Å². The summed E-state index contributed by atoms with van der Waals surface area (Å²) in [6, 6.07) is 12.6. The molecule has 0 unspecified atom stereocenters. The monoisotopic (exact) mass is 432 g/mol. The van der Waals surface area contributed by atoms with Crippen molar-refractivity contribution in [2.24, 2.45) is 0 Å². The molecular weight excluding hydrogens is 419 g/mol. The molecule has 0 atom stereocenters. The fourth-order valence-electron chi connectivity index (χ4n) is 2.43. The third-order valence-corrected chi connectivity index (χ3v) is 7.59. The molecule has 0 radical (unpaired) electrons. The number of hydrogen-bond donors (Lipinski definition) is 0. The molecule has 0 saturated carbocycles. The third kappa shape index (κ3) is 4.45. The van der Waals surface area contributed by atoms with Crippen LogP contribution in [0.4, 0.5) is 0 Å². The van der Waals surface area contributed by atoms with Crippen molar-refractivity contribution in [2.45, 2.75) is 11.8 Å². The first-order valence-corrected chi connectivity index (χ1v) is 11.1. The van der Waals surface area contributed by atoms with E-state index in [1.165, 1.54) is 39.9 Å². The van der Waals surface area contributed by atoms with Crippen molar-refractivity contribution >= 4 is 43.0 Å². The topological polar surface area (TPSA) is 66.4 Å². The van der Waals surface area contributed by atoms with Gasteiger partial charge in [-0.2, -0.15) is 0 Å². The van der Waals surface area contributed by atoms with Crippen LogP contribution in [0.2, 0.25) is 0 Å². The van der Waals surface area contributed by atoms with Crippen LogP contribution in [-0.2, 0) is 10.1 Å². The Morgan fingerprint density at radius 1 is 1.04 bits per heavy atom. The molecule has 0 bridgehead atoms. The van der Waals surface area contributed by atoms with E-state index < -0.39 is 10.1 Å². The third-order valence-electron chi connectivity index (χ3n) is 3.67. The van der Waals surface area contributed by atoms with E-state index >= 15 is 0 Å². The van der Waals surface area contributed by atoms with E-state index in [2.05, 4.69) is 0 Å². The molecule has 0 aliphatic carbocycles. The second kappa shape index (κ2) is 8.62. The van der Waals surface area contributed by atoms with Gasteiger partial charge in [0.15, 0.2) is 0 Å². The van der Waals surface area contributed by atoms with Crippen LogP contribution in [0.5, 0.6) is 5.75 Å². The number of aryl methyl sites for hydroxylation is 1. The van der Waals surface area contributed by atoms with Crippen LogP contribution in [-0.4, -0.2) is 20.1 Å². The van der Waals surface area contributed by atoms with Gasteiger partial charge in [0.05, 0.1) is 16.9 Å². The Labute approximate surface area is 186 Å². The first-order valence-electron chi connectivity index (χ1n) is 7.15. The normalized spacial score (nSPS) is 11.0. The van der Waals surface area contributed by atoms with Gasteiger partial charge in [-0.05, 0) is 30.2 Å².